The summed E-state index contributed by atoms with van der Waals surface area (Å²) >= 11 is 0. The molecule has 100 valence electrons. The molecule has 2 aromatic rings. The Balaban J connectivity index is 2.18. The zero-order valence-electron chi connectivity index (χ0n) is 11.4. The average molecular weight is 256 g/mol. The van der Waals surface area contributed by atoms with Crippen molar-refractivity contribution >= 4 is 11.5 Å². The standard InChI is InChI=1S/C15H20N4/c1-3-19(14-6-4-5-12(2)9-14)11-13-7-8-17-15(10-13)18-16/h4-10H,3,11,16H2,1-2H3,(H,17,18). The van der Waals surface area contributed by atoms with Gasteiger partial charge in [0.2, 0.25) is 0 Å². The predicted octanol–water partition coefficient (Wildman–Crippen LogP) is 2.70. The molecule has 4 nitrogen and oxygen atoms in total. The molecule has 1 aromatic carbocycles. The molecule has 19 heavy (non-hydrogen) atoms. The van der Waals surface area contributed by atoms with Gasteiger partial charge in [0.15, 0.2) is 0 Å². The Morgan fingerprint density at radius 2 is 2.11 bits per heavy atom. The summed E-state index contributed by atoms with van der Waals surface area (Å²) in [6.45, 7) is 6.07. The van der Waals surface area contributed by atoms with Gasteiger partial charge in [-0.05, 0) is 49.2 Å². The minimum atomic E-state index is 0.692. The number of anilines is 2. The van der Waals surface area contributed by atoms with Gasteiger partial charge in [0, 0.05) is 25.0 Å². The second kappa shape index (κ2) is 6.20. The SMILES string of the molecule is CCN(Cc1ccnc(NN)c1)c1cccc(C)c1. The van der Waals surface area contributed by atoms with E-state index < -0.39 is 0 Å². The number of pyridine rings is 1. The summed E-state index contributed by atoms with van der Waals surface area (Å²) in [6, 6.07) is 12.5. The van der Waals surface area contributed by atoms with E-state index in [9.17, 15) is 0 Å². The summed E-state index contributed by atoms with van der Waals surface area (Å²) in [7, 11) is 0. The molecule has 0 radical (unpaired) electrons. The van der Waals surface area contributed by atoms with E-state index >= 15 is 0 Å². The van der Waals surface area contributed by atoms with Crippen LogP contribution in [-0.2, 0) is 6.54 Å². The number of nitrogens with zero attached hydrogens (tertiary/aromatic N) is 2. The summed E-state index contributed by atoms with van der Waals surface area (Å²) < 4.78 is 0. The fraction of sp³-hybridized carbons (Fsp3) is 0.267. The second-order valence-electron chi connectivity index (χ2n) is 4.55. The summed E-state index contributed by atoms with van der Waals surface area (Å²) in [4.78, 5) is 6.45. The topological polar surface area (TPSA) is 54.2 Å². The van der Waals surface area contributed by atoms with Crippen LogP contribution in [0.4, 0.5) is 11.5 Å². The molecule has 0 bridgehead atoms. The van der Waals surface area contributed by atoms with Gasteiger partial charge in [0.25, 0.3) is 0 Å². The van der Waals surface area contributed by atoms with Gasteiger partial charge in [-0.15, -0.1) is 0 Å². The lowest BCUT2D eigenvalue weighted by atomic mass is 10.2. The van der Waals surface area contributed by atoms with Crippen molar-refractivity contribution in [2.45, 2.75) is 20.4 Å². The number of nitrogens with one attached hydrogen (secondary N) is 1. The Hall–Kier alpha value is -2.07. The van der Waals surface area contributed by atoms with E-state index in [1.165, 1.54) is 16.8 Å². The van der Waals surface area contributed by atoms with E-state index in [1.54, 1.807) is 6.20 Å². The highest BCUT2D eigenvalue weighted by Crippen LogP contribution is 2.19. The van der Waals surface area contributed by atoms with Crippen molar-refractivity contribution in [1.82, 2.24) is 4.98 Å². The Labute approximate surface area is 114 Å². The van der Waals surface area contributed by atoms with Crippen molar-refractivity contribution in [1.29, 1.82) is 0 Å². The van der Waals surface area contributed by atoms with Gasteiger partial charge in [0.1, 0.15) is 5.82 Å². The van der Waals surface area contributed by atoms with Crippen LogP contribution in [0.25, 0.3) is 0 Å². The highest BCUT2D eigenvalue weighted by Gasteiger charge is 2.06. The van der Waals surface area contributed by atoms with E-state index in [4.69, 9.17) is 5.84 Å². The predicted molar refractivity (Wildman–Crippen MR) is 80.0 cm³/mol. The van der Waals surface area contributed by atoms with E-state index in [0.29, 0.717) is 5.82 Å². The molecule has 4 heteroatoms. The first-order chi connectivity index (χ1) is 9.22. The monoisotopic (exact) mass is 256 g/mol. The van der Waals surface area contributed by atoms with Crippen LogP contribution in [-0.4, -0.2) is 11.5 Å². The molecular formula is C15H20N4. The highest BCUT2D eigenvalue weighted by atomic mass is 15.2. The molecule has 0 amide bonds. The number of rotatable bonds is 5. The number of hydrogen-bond acceptors (Lipinski definition) is 4. The maximum Gasteiger partial charge on any atom is 0.140 e. The van der Waals surface area contributed by atoms with Crippen LogP contribution in [0.5, 0.6) is 0 Å². The minimum absolute atomic E-state index is 0.692. The molecular weight excluding hydrogens is 236 g/mol. The number of benzene rings is 1. The van der Waals surface area contributed by atoms with Crippen molar-refractivity contribution < 1.29 is 0 Å². The third-order valence-corrected chi connectivity index (χ3v) is 3.09. The fourth-order valence-corrected chi connectivity index (χ4v) is 2.08. The van der Waals surface area contributed by atoms with Crippen LogP contribution in [0.3, 0.4) is 0 Å². The lowest BCUT2D eigenvalue weighted by Gasteiger charge is -2.23. The van der Waals surface area contributed by atoms with Crippen molar-refractivity contribution in [2.24, 2.45) is 5.84 Å². The Morgan fingerprint density at radius 1 is 1.26 bits per heavy atom. The molecule has 0 aliphatic rings. The molecule has 0 aliphatic carbocycles. The Bertz CT molecular complexity index is 539. The first kappa shape index (κ1) is 13.4. The van der Waals surface area contributed by atoms with Crippen molar-refractivity contribution in [3.05, 3.63) is 53.7 Å². The van der Waals surface area contributed by atoms with Gasteiger partial charge in [-0.1, -0.05) is 12.1 Å². The van der Waals surface area contributed by atoms with Gasteiger partial charge in [-0.25, -0.2) is 10.8 Å². The molecule has 3 N–H and O–H groups in total. The van der Waals surface area contributed by atoms with Crippen LogP contribution in [0.1, 0.15) is 18.1 Å². The number of hydrazine groups is 1. The second-order valence-corrected chi connectivity index (χ2v) is 4.55. The lowest BCUT2D eigenvalue weighted by molar-refractivity contribution is 0.830. The van der Waals surface area contributed by atoms with Crippen molar-refractivity contribution in [3.63, 3.8) is 0 Å². The third-order valence-electron chi connectivity index (χ3n) is 3.09. The third kappa shape index (κ3) is 3.45. The van der Waals surface area contributed by atoms with Crippen LogP contribution in [0, 0.1) is 6.92 Å². The number of hydrogen-bond donors (Lipinski definition) is 2. The lowest BCUT2D eigenvalue weighted by Crippen LogP contribution is -2.22. The highest BCUT2D eigenvalue weighted by molar-refractivity contribution is 5.49. The summed E-state index contributed by atoms with van der Waals surface area (Å²) in [5.41, 5.74) is 6.27. The van der Waals surface area contributed by atoms with Gasteiger partial charge < -0.3 is 10.3 Å². The summed E-state index contributed by atoms with van der Waals surface area (Å²) in [6.07, 6.45) is 1.77. The summed E-state index contributed by atoms with van der Waals surface area (Å²) in [5.74, 6) is 6.08. The molecule has 0 saturated heterocycles. The first-order valence-electron chi connectivity index (χ1n) is 6.46. The molecule has 0 unspecified atom stereocenters. The van der Waals surface area contributed by atoms with Crippen LogP contribution >= 0.6 is 0 Å². The van der Waals surface area contributed by atoms with Gasteiger partial charge in [-0.2, -0.15) is 0 Å². The number of nitrogens with two attached hydrogens (primary N) is 1. The number of nitrogen functional groups attached to an aromatic ring is 1. The fourth-order valence-electron chi connectivity index (χ4n) is 2.08. The van der Waals surface area contributed by atoms with Crippen molar-refractivity contribution in [3.8, 4) is 0 Å². The van der Waals surface area contributed by atoms with E-state index in [1.807, 2.05) is 12.1 Å². The molecule has 1 heterocycles. The smallest absolute Gasteiger partial charge is 0.140 e. The molecule has 2 rings (SSSR count). The molecule has 0 atom stereocenters. The van der Waals surface area contributed by atoms with Crippen molar-refractivity contribution in [2.75, 3.05) is 16.9 Å². The molecule has 0 saturated carbocycles. The number of aryl methyl sites for hydroxylation is 1. The maximum absolute atomic E-state index is 5.39. The zero-order chi connectivity index (χ0) is 13.7. The van der Waals surface area contributed by atoms with Crippen LogP contribution in [0.15, 0.2) is 42.6 Å². The minimum Gasteiger partial charge on any atom is -0.367 e. The quantitative estimate of drug-likeness (QED) is 0.638. The van der Waals surface area contributed by atoms with Gasteiger partial charge in [-0.3, -0.25) is 0 Å². The zero-order valence-corrected chi connectivity index (χ0v) is 11.4. The molecule has 0 spiro atoms. The molecule has 0 fully saturated rings. The van der Waals surface area contributed by atoms with Crippen LogP contribution in [0.2, 0.25) is 0 Å². The Kier molecular flexibility index (Phi) is 4.36. The number of aromatic nitrogens is 1. The normalized spacial score (nSPS) is 10.3. The maximum atomic E-state index is 5.39. The molecule has 1 aromatic heterocycles. The van der Waals surface area contributed by atoms with E-state index in [2.05, 4.69) is 53.4 Å². The van der Waals surface area contributed by atoms with Crippen LogP contribution < -0.4 is 16.2 Å². The first-order valence-corrected chi connectivity index (χ1v) is 6.46. The van der Waals surface area contributed by atoms with E-state index in [0.717, 1.165) is 13.1 Å². The molecule has 0 aliphatic heterocycles. The van der Waals surface area contributed by atoms with Gasteiger partial charge >= 0.3 is 0 Å². The largest absolute Gasteiger partial charge is 0.367 e. The Morgan fingerprint density at radius 3 is 2.79 bits per heavy atom. The van der Waals surface area contributed by atoms with Gasteiger partial charge in [0.05, 0.1) is 0 Å². The summed E-state index contributed by atoms with van der Waals surface area (Å²) in [5, 5.41) is 0. The van der Waals surface area contributed by atoms with E-state index in [-0.39, 0.29) is 0 Å². The average Bonchev–Trinajstić information content (AvgIpc) is 2.45.